The van der Waals surface area contributed by atoms with Crippen molar-refractivity contribution in [1.82, 2.24) is 24.1 Å². The molecule has 0 atom stereocenters. The van der Waals surface area contributed by atoms with Gasteiger partial charge < -0.3 is 9.72 Å². The molecule has 4 aromatic heterocycles. The van der Waals surface area contributed by atoms with E-state index < -0.39 is 17.3 Å². The number of nitrogens with one attached hydrogen (secondary N) is 1. The number of halogens is 4. The second-order valence-corrected chi connectivity index (χ2v) is 6.93. The lowest BCUT2D eigenvalue weighted by atomic mass is 10.3. The zero-order valence-corrected chi connectivity index (χ0v) is 16.2. The highest BCUT2D eigenvalue weighted by molar-refractivity contribution is 6.32. The summed E-state index contributed by atoms with van der Waals surface area (Å²) in [4.78, 5) is 20.7. The number of pyridine rings is 2. The fourth-order valence-electron chi connectivity index (χ4n) is 2.81. The van der Waals surface area contributed by atoms with Crippen molar-refractivity contribution in [2.75, 3.05) is 5.32 Å². The van der Waals surface area contributed by atoms with Crippen LogP contribution in [0.3, 0.4) is 0 Å². The standard InChI is InChI=1S/C19H14ClF3N6O/c1-11-4-5-28-10-13(27-16(28)6-11)8-24-14-9-26-29(18(30)17(14)20)15-3-2-12(7-25-15)19(21,22)23/h2-7,9-10,24H,8H2,1H3. The quantitative estimate of drug-likeness (QED) is 0.527. The first-order valence-corrected chi connectivity index (χ1v) is 9.10. The number of alkyl halides is 3. The van der Waals surface area contributed by atoms with Crippen LogP contribution in [0.1, 0.15) is 16.8 Å². The molecule has 154 valence electrons. The van der Waals surface area contributed by atoms with Crippen LogP contribution in [0.15, 0.2) is 53.8 Å². The van der Waals surface area contributed by atoms with Crippen molar-refractivity contribution in [2.45, 2.75) is 19.6 Å². The summed E-state index contributed by atoms with van der Waals surface area (Å²) in [5.41, 5.74) is 1.24. The molecular formula is C19H14ClF3N6O. The lowest BCUT2D eigenvalue weighted by Crippen LogP contribution is -2.23. The van der Waals surface area contributed by atoms with E-state index in [1.54, 1.807) is 0 Å². The van der Waals surface area contributed by atoms with E-state index in [0.29, 0.717) is 12.7 Å². The van der Waals surface area contributed by atoms with Crippen molar-refractivity contribution < 1.29 is 13.2 Å². The van der Waals surface area contributed by atoms with Crippen molar-refractivity contribution >= 4 is 22.9 Å². The topological polar surface area (TPSA) is 77.1 Å². The van der Waals surface area contributed by atoms with Gasteiger partial charge >= 0.3 is 6.18 Å². The van der Waals surface area contributed by atoms with E-state index in [1.165, 1.54) is 6.20 Å². The summed E-state index contributed by atoms with van der Waals surface area (Å²) in [6.07, 6.45) is 1.16. The highest BCUT2D eigenvalue weighted by Crippen LogP contribution is 2.28. The minimum Gasteiger partial charge on any atom is -0.377 e. The van der Waals surface area contributed by atoms with Crippen LogP contribution in [-0.4, -0.2) is 24.1 Å². The fraction of sp³-hybridized carbons (Fsp3) is 0.158. The SMILES string of the molecule is Cc1ccn2cc(CNc3cnn(-c4ccc(C(F)(F)F)cn4)c(=O)c3Cl)nc2c1. The molecule has 0 aliphatic rings. The van der Waals surface area contributed by atoms with Crippen LogP contribution in [-0.2, 0) is 12.7 Å². The maximum absolute atomic E-state index is 12.7. The van der Waals surface area contributed by atoms with Gasteiger partial charge in [0.05, 0.1) is 29.7 Å². The van der Waals surface area contributed by atoms with Crippen LogP contribution < -0.4 is 10.9 Å². The monoisotopic (exact) mass is 434 g/mol. The van der Waals surface area contributed by atoms with E-state index >= 15 is 0 Å². The molecule has 0 saturated carbocycles. The van der Waals surface area contributed by atoms with Crippen molar-refractivity contribution in [1.29, 1.82) is 0 Å². The van der Waals surface area contributed by atoms with Gasteiger partial charge in [0.1, 0.15) is 10.7 Å². The molecule has 0 aliphatic carbocycles. The number of aromatic nitrogens is 5. The molecule has 0 aliphatic heterocycles. The van der Waals surface area contributed by atoms with Crippen molar-refractivity contribution in [3.8, 4) is 5.82 Å². The molecule has 0 bridgehead atoms. The fourth-order valence-corrected chi connectivity index (χ4v) is 3.00. The third kappa shape index (κ3) is 3.86. The molecule has 0 amide bonds. The summed E-state index contributed by atoms with van der Waals surface area (Å²) in [5, 5.41) is 6.80. The summed E-state index contributed by atoms with van der Waals surface area (Å²) in [6.45, 7) is 2.27. The molecule has 0 spiro atoms. The zero-order valence-electron chi connectivity index (χ0n) is 15.5. The van der Waals surface area contributed by atoms with Gasteiger partial charge in [0.2, 0.25) is 0 Å². The summed E-state index contributed by atoms with van der Waals surface area (Å²) in [5.74, 6) is -0.0721. The summed E-state index contributed by atoms with van der Waals surface area (Å²) in [7, 11) is 0. The second kappa shape index (κ2) is 7.45. The minimum atomic E-state index is -4.52. The first kappa shape index (κ1) is 19.9. The van der Waals surface area contributed by atoms with E-state index in [2.05, 4.69) is 20.4 Å². The van der Waals surface area contributed by atoms with Gasteiger partial charge in [-0.05, 0) is 36.8 Å². The number of fused-ring (bicyclic) bond motifs is 1. The summed E-state index contributed by atoms with van der Waals surface area (Å²) >= 11 is 6.15. The van der Waals surface area contributed by atoms with Crippen LogP contribution in [0.25, 0.3) is 11.5 Å². The summed E-state index contributed by atoms with van der Waals surface area (Å²) < 4.78 is 40.7. The van der Waals surface area contributed by atoms with Crippen LogP contribution in [0.2, 0.25) is 5.02 Å². The van der Waals surface area contributed by atoms with Crippen molar-refractivity contribution in [3.63, 3.8) is 0 Å². The number of nitrogens with zero attached hydrogens (tertiary/aromatic N) is 5. The van der Waals surface area contributed by atoms with Gasteiger partial charge in [-0.2, -0.15) is 23.0 Å². The zero-order chi connectivity index (χ0) is 21.5. The van der Waals surface area contributed by atoms with Gasteiger partial charge in [0.25, 0.3) is 5.56 Å². The Labute approximate surface area is 172 Å². The lowest BCUT2D eigenvalue weighted by Gasteiger charge is -2.10. The number of imidazole rings is 1. The molecule has 4 aromatic rings. The Kier molecular flexibility index (Phi) is 4.94. The largest absolute Gasteiger partial charge is 0.417 e. The Balaban J connectivity index is 1.55. The number of hydrogen-bond acceptors (Lipinski definition) is 5. The Bertz CT molecular complexity index is 1280. The number of aryl methyl sites for hydroxylation is 1. The van der Waals surface area contributed by atoms with Crippen LogP contribution in [0, 0.1) is 6.92 Å². The molecule has 0 radical (unpaired) electrons. The molecule has 0 aromatic carbocycles. The Hall–Kier alpha value is -3.40. The Morgan fingerprint density at radius 3 is 2.70 bits per heavy atom. The predicted molar refractivity (Wildman–Crippen MR) is 105 cm³/mol. The molecule has 11 heteroatoms. The van der Waals surface area contributed by atoms with Crippen molar-refractivity contribution in [2.24, 2.45) is 0 Å². The molecule has 4 rings (SSSR count). The van der Waals surface area contributed by atoms with Crippen LogP contribution in [0.5, 0.6) is 0 Å². The number of rotatable bonds is 4. The van der Waals surface area contributed by atoms with E-state index in [9.17, 15) is 18.0 Å². The van der Waals surface area contributed by atoms with E-state index in [0.717, 1.165) is 33.7 Å². The van der Waals surface area contributed by atoms with E-state index in [-0.39, 0.29) is 16.5 Å². The van der Waals surface area contributed by atoms with E-state index in [1.807, 2.05) is 35.9 Å². The van der Waals surface area contributed by atoms with Crippen molar-refractivity contribution in [3.05, 3.63) is 81.3 Å². The number of hydrogen-bond donors (Lipinski definition) is 1. The average Bonchev–Trinajstić information content (AvgIpc) is 3.10. The molecule has 7 nitrogen and oxygen atoms in total. The first-order chi connectivity index (χ1) is 14.2. The summed E-state index contributed by atoms with van der Waals surface area (Å²) in [6, 6.07) is 5.78. The minimum absolute atomic E-state index is 0.0721. The second-order valence-electron chi connectivity index (χ2n) is 6.55. The van der Waals surface area contributed by atoms with Crippen LogP contribution in [0.4, 0.5) is 18.9 Å². The van der Waals surface area contributed by atoms with Gasteiger partial charge in [0.15, 0.2) is 5.82 Å². The highest BCUT2D eigenvalue weighted by atomic mass is 35.5. The molecule has 1 N–H and O–H groups in total. The molecule has 0 fully saturated rings. The third-order valence-electron chi connectivity index (χ3n) is 4.34. The van der Waals surface area contributed by atoms with Crippen LogP contribution >= 0.6 is 11.6 Å². The van der Waals surface area contributed by atoms with E-state index in [4.69, 9.17) is 11.6 Å². The lowest BCUT2D eigenvalue weighted by molar-refractivity contribution is -0.137. The molecule has 0 saturated heterocycles. The average molecular weight is 435 g/mol. The Morgan fingerprint density at radius 2 is 2.00 bits per heavy atom. The molecule has 30 heavy (non-hydrogen) atoms. The van der Waals surface area contributed by atoms with Gasteiger partial charge in [-0.25, -0.2) is 9.97 Å². The van der Waals surface area contributed by atoms with Gasteiger partial charge in [-0.1, -0.05) is 11.6 Å². The number of anilines is 1. The highest BCUT2D eigenvalue weighted by Gasteiger charge is 2.30. The molecule has 0 unspecified atom stereocenters. The maximum Gasteiger partial charge on any atom is 0.417 e. The molecular weight excluding hydrogens is 421 g/mol. The predicted octanol–water partition coefficient (Wildman–Crippen LogP) is 3.87. The Morgan fingerprint density at radius 1 is 1.20 bits per heavy atom. The third-order valence-corrected chi connectivity index (χ3v) is 4.70. The van der Waals surface area contributed by atoms with Gasteiger partial charge in [0, 0.05) is 18.6 Å². The smallest absolute Gasteiger partial charge is 0.377 e. The normalized spacial score (nSPS) is 11.8. The molecule has 4 heterocycles. The maximum atomic E-state index is 12.7. The van der Waals surface area contributed by atoms with Gasteiger partial charge in [-0.15, -0.1) is 0 Å². The first-order valence-electron chi connectivity index (χ1n) is 8.72. The van der Waals surface area contributed by atoms with Gasteiger partial charge in [-0.3, -0.25) is 4.79 Å².